The van der Waals surface area contributed by atoms with Crippen molar-refractivity contribution in [2.24, 2.45) is 0 Å². The van der Waals surface area contributed by atoms with Crippen LogP contribution in [0, 0.1) is 0 Å². The van der Waals surface area contributed by atoms with Crippen LogP contribution in [-0.2, 0) is 9.47 Å². The summed E-state index contributed by atoms with van der Waals surface area (Å²) in [6.07, 6.45) is 5.13. The standard InChI is InChI=1S/C13H27NO2/c1-12(2)14-8-6-13(7-9-14)16-11-5-4-10-15-3/h12-13H,4-11H2,1-3H3. The fraction of sp³-hybridized carbons (Fsp3) is 1.00. The predicted molar refractivity (Wildman–Crippen MR) is 66.8 cm³/mol. The van der Waals surface area contributed by atoms with Crippen LogP contribution in [-0.4, -0.2) is 50.5 Å². The fourth-order valence-electron chi connectivity index (χ4n) is 2.16. The van der Waals surface area contributed by atoms with Crippen LogP contribution in [0.1, 0.15) is 39.5 Å². The molecule has 1 rings (SSSR count). The van der Waals surface area contributed by atoms with Crippen molar-refractivity contribution in [3.05, 3.63) is 0 Å². The minimum absolute atomic E-state index is 0.498. The number of hydrogen-bond acceptors (Lipinski definition) is 3. The van der Waals surface area contributed by atoms with E-state index in [0.717, 1.165) is 26.1 Å². The summed E-state index contributed by atoms with van der Waals surface area (Å²) in [7, 11) is 1.75. The molecule has 0 aromatic carbocycles. The lowest BCUT2D eigenvalue weighted by Crippen LogP contribution is -2.40. The number of piperidine rings is 1. The Bertz CT molecular complexity index is 165. The van der Waals surface area contributed by atoms with Crippen molar-refractivity contribution in [2.75, 3.05) is 33.4 Å². The molecule has 0 spiro atoms. The SMILES string of the molecule is COCCCCOC1CCN(C(C)C)CC1. The molecule has 0 N–H and O–H groups in total. The van der Waals surface area contributed by atoms with Crippen LogP contribution in [0.3, 0.4) is 0 Å². The minimum atomic E-state index is 0.498. The maximum atomic E-state index is 5.88. The molecule has 16 heavy (non-hydrogen) atoms. The Morgan fingerprint density at radius 3 is 2.31 bits per heavy atom. The zero-order valence-corrected chi connectivity index (χ0v) is 11.1. The first kappa shape index (κ1) is 13.9. The van der Waals surface area contributed by atoms with Crippen LogP contribution in [0.2, 0.25) is 0 Å². The molecule has 1 heterocycles. The monoisotopic (exact) mass is 229 g/mol. The highest BCUT2D eigenvalue weighted by molar-refractivity contribution is 4.74. The second kappa shape index (κ2) is 8.04. The van der Waals surface area contributed by atoms with E-state index in [1.54, 1.807) is 7.11 Å². The van der Waals surface area contributed by atoms with Gasteiger partial charge in [-0.05, 0) is 39.5 Å². The van der Waals surface area contributed by atoms with Crippen molar-refractivity contribution in [1.29, 1.82) is 0 Å². The number of unbranched alkanes of at least 4 members (excludes halogenated alkanes) is 1. The van der Waals surface area contributed by atoms with Gasteiger partial charge in [-0.3, -0.25) is 0 Å². The highest BCUT2D eigenvalue weighted by Crippen LogP contribution is 2.15. The maximum absolute atomic E-state index is 5.88. The Hall–Kier alpha value is -0.120. The van der Waals surface area contributed by atoms with Gasteiger partial charge in [0, 0.05) is 39.5 Å². The first-order valence-corrected chi connectivity index (χ1v) is 6.58. The third-order valence-corrected chi connectivity index (χ3v) is 3.30. The summed E-state index contributed by atoms with van der Waals surface area (Å²) < 4.78 is 10.9. The lowest BCUT2D eigenvalue weighted by atomic mass is 10.1. The van der Waals surface area contributed by atoms with E-state index >= 15 is 0 Å². The first-order chi connectivity index (χ1) is 7.74. The molecule has 3 nitrogen and oxygen atoms in total. The van der Waals surface area contributed by atoms with Gasteiger partial charge < -0.3 is 14.4 Å². The van der Waals surface area contributed by atoms with Gasteiger partial charge in [-0.25, -0.2) is 0 Å². The second-order valence-electron chi connectivity index (χ2n) is 4.90. The van der Waals surface area contributed by atoms with Crippen LogP contribution >= 0.6 is 0 Å². The van der Waals surface area contributed by atoms with Crippen LogP contribution in [0.25, 0.3) is 0 Å². The highest BCUT2D eigenvalue weighted by atomic mass is 16.5. The van der Waals surface area contributed by atoms with E-state index in [4.69, 9.17) is 9.47 Å². The number of methoxy groups -OCH3 is 1. The molecule has 0 bridgehead atoms. The van der Waals surface area contributed by atoms with Crippen molar-refractivity contribution in [3.63, 3.8) is 0 Å². The van der Waals surface area contributed by atoms with E-state index in [-0.39, 0.29) is 0 Å². The molecule has 0 aliphatic carbocycles. The lowest BCUT2D eigenvalue weighted by Gasteiger charge is -2.34. The molecule has 0 saturated carbocycles. The van der Waals surface area contributed by atoms with E-state index in [1.165, 1.54) is 25.9 Å². The molecule has 0 unspecified atom stereocenters. The molecule has 0 aromatic rings. The number of likely N-dealkylation sites (tertiary alicyclic amines) is 1. The normalized spacial score (nSPS) is 19.5. The minimum Gasteiger partial charge on any atom is -0.385 e. The zero-order valence-electron chi connectivity index (χ0n) is 11.1. The Kier molecular flexibility index (Phi) is 7.01. The maximum Gasteiger partial charge on any atom is 0.0599 e. The molecule has 0 atom stereocenters. The van der Waals surface area contributed by atoms with Crippen LogP contribution < -0.4 is 0 Å². The summed E-state index contributed by atoms with van der Waals surface area (Å²) in [4.78, 5) is 2.53. The summed E-state index contributed by atoms with van der Waals surface area (Å²) in [5.41, 5.74) is 0. The van der Waals surface area contributed by atoms with Gasteiger partial charge in [0.05, 0.1) is 6.10 Å². The van der Waals surface area contributed by atoms with Gasteiger partial charge in [0.15, 0.2) is 0 Å². The Balaban J connectivity index is 1.99. The van der Waals surface area contributed by atoms with Gasteiger partial charge in [0.2, 0.25) is 0 Å². The molecular weight excluding hydrogens is 202 g/mol. The number of rotatable bonds is 7. The number of hydrogen-bond donors (Lipinski definition) is 0. The third-order valence-electron chi connectivity index (χ3n) is 3.30. The van der Waals surface area contributed by atoms with Gasteiger partial charge in [0.25, 0.3) is 0 Å². The molecule has 3 heteroatoms. The van der Waals surface area contributed by atoms with Gasteiger partial charge >= 0.3 is 0 Å². The molecule has 1 saturated heterocycles. The second-order valence-corrected chi connectivity index (χ2v) is 4.90. The largest absolute Gasteiger partial charge is 0.385 e. The lowest BCUT2D eigenvalue weighted by molar-refractivity contribution is -0.00150. The number of ether oxygens (including phenoxy) is 2. The van der Waals surface area contributed by atoms with Gasteiger partial charge in [-0.15, -0.1) is 0 Å². The molecule has 0 amide bonds. The molecule has 0 radical (unpaired) electrons. The first-order valence-electron chi connectivity index (χ1n) is 6.58. The average molecular weight is 229 g/mol. The van der Waals surface area contributed by atoms with Gasteiger partial charge in [-0.2, -0.15) is 0 Å². The molecule has 1 fully saturated rings. The summed E-state index contributed by atoms with van der Waals surface area (Å²) >= 11 is 0. The van der Waals surface area contributed by atoms with E-state index in [1.807, 2.05) is 0 Å². The zero-order chi connectivity index (χ0) is 11.8. The predicted octanol–water partition coefficient (Wildman–Crippen LogP) is 2.30. The number of nitrogens with zero attached hydrogens (tertiary/aromatic N) is 1. The summed E-state index contributed by atoms with van der Waals surface area (Å²) in [5.74, 6) is 0. The van der Waals surface area contributed by atoms with Crippen molar-refractivity contribution >= 4 is 0 Å². The third kappa shape index (κ3) is 5.28. The van der Waals surface area contributed by atoms with Crippen LogP contribution in [0.5, 0.6) is 0 Å². The highest BCUT2D eigenvalue weighted by Gasteiger charge is 2.20. The molecular formula is C13H27NO2. The van der Waals surface area contributed by atoms with Crippen LogP contribution in [0.15, 0.2) is 0 Å². The molecule has 96 valence electrons. The van der Waals surface area contributed by atoms with E-state index < -0.39 is 0 Å². The average Bonchev–Trinajstić information content (AvgIpc) is 2.29. The molecule has 0 aromatic heterocycles. The van der Waals surface area contributed by atoms with Gasteiger partial charge in [0.1, 0.15) is 0 Å². The molecule has 1 aliphatic heterocycles. The summed E-state index contributed by atoms with van der Waals surface area (Å²) in [6, 6.07) is 0.683. The smallest absolute Gasteiger partial charge is 0.0599 e. The Morgan fingerprint density at radius 1 is 1.12 bits per heavy atom. The summed E-state index contributed by atoms with van der Waals surface area (Å²) in [6.45, 7) is 8.68. The van der Waals surface area contributed by atoms with E-state index in [9.17, 15) is 0 Å². The topological polar surface area (TPSA) is 21.7 Å². The summed E-state index contributed by atoms with van der Waals surface area (Å²) in [5, 5.41) is 0. The van der Waals surface area contributed by atoms with Gasteiger partial charge in [-0.1, -0.05) is 0 Å². The molecule has 1 aliphatic rings. The van der Waals surface area contributed by atoms with Crippen molar-refractivity contribution in [2.45, 2.75) is 51.7 Å². The quantitative estimate of drug-likeness (QED) is 0.625. The Morgan fingerprint density at radius 2 is 1.75 bits per heavy atom. The van der Waals surface area contributed by atoms with Crippen LogP contribution in [0.4, 0.5) is 0 Å². The van der Waals surface area contributed by atoms with E-state index in [0.29, 0.717) is 12.1 Å². The Labute approximate surface area is 100 Å². The van der Waals surface area contributed by atoms with Crippen molar-refractivity contribution < 1.29 is 9.47 Å². The van der Waals surface area contributed by atoms with E-state index in [2.05, 4.69) is 18.7 Å². The van der Waals surface area contributed by atoms with Crippen molar-refractivity contribution in [3.8, 4) is 0 Å². The fourth-order valence-corrected chi connectivity index (χ4v) is 2.16. The van der Waals surface area contributed by atoms with Crippen molar-refractivity contribution in [1.82, 2.24) is 4.90 Å².